The first-order valence-electron chi connectivity index (χ1n) is 5.35. The molecule has 0 saturated carbocycles. The summed E-state index contributed by atoms with van der Waals surface area (Å²) in [6.45, 7) is 0. The number of hydrogen-bond acceptors (Lipinski definition) is 2. The zero-order valence-electron chi connectivity index (χ0n) is 9.61. The summed E-state index contributed by atoms with van der Waals surface area (Å²) in [6.07, 6.45) is -4.81. The Hall–Kier alpha value is -2.48. The van der Waals surface area contributed by atoms with Crippen molar-refractivity contribution in [2.45, 2.75) is 6.36 Å². The van der Waals surface area contributed by atoms with Gasteiger partial charge in [0.1, 0.15) is 11.8 Å². The van der Waals surface area contributed by atoms with Gasteiger partial charge in [0.15, 0.2) is 0 Å². The van der Waals surface area contributed by atoms with Gasteiger partial charge in [-0.3, -0.25) is 0 Å². The summed E-state index contributed by atoms with van der Waals surface area (Å²) in [5.41, 5.74) is 1.32. The highest BCUT2D eigenvalue weighted by Crippen LogP contribution is 2.30. The molecule has 0 aliphatic carbocycles. The Bertz CT molecular complexity index is 615. The molecule has 0 N–H and O–H groups in total. The average molecular weight is 263 g/mol. The van der Waals surface area contributed by atoms with Crippen LogP contribution >= 0.6 is 0 Å². The molecule has 0 aliphatic heterocycles. The third-order valence-corrected chi connectivity index (χ3v) is 2.43. The largest absolute Gasteiger partial charge is 0.573 e. The van der Waals surface area contributed by atoms with Gasteiger partial charge in [-0.25, -0.2) is 0 Å². The Balaban J connectivity index is 2.40. The predicted molar refractivity (Wildman–Crippen MR) is 63.3 cm³/mol. The lowest BCUT2D eigenvalue weighted by molar-refractivity contribution is -0.274. The smallest absolute Gasteiger partial charge is 0.404 e. The lowest BCUT2D eigenvalue weighted by atomic mass is 10.0. The van der Waals surface area contributed by atoms with Crippen molar-refractivity contribution in [3.63, 3.8) is 0 Å². The third kappa shape index (κ3) is 3.26. The Morgan fingerprint density at radius 2 is 1.63 bits per heavy atom. The monoisotopic (exact) mass is 263 g/mol. The fourth-order valence-electron chi connectivity index (χ4n) is 1.64. The minimum absolute atomic E-state index is 0.154. The number of nitrogens with zero attached hydrogens (tertiary/aromatic N) is 1. The number of rotatable bonds is 2. The molecule has 0 radical (unpaired) electrons. The van der Waals surface area contributed by atoms with Crippen molar-refractivity contribution in [3.8, 4) is 22.9 Å². The minimum Gasteiger partial charge on any atom is -0.404 e. The average Bonchev–Trinajstić information content (AvgIpc) is 2.38. The Morgan fingerprint density at radius 3 is 2.21 bits per heavy atom. The molecule has 2 aromatic rings. The van der Waals surface area contributed by atoms with Gasteiger partial charge in [0, 0.05) is 0 Å². The summed E-state index contributed by atoms with van der Waals surface area (Å²) in [4.78, 5) is 0. The Labute approximate surface area is 107 Å². The van der Waals surface area contributed by atoms with Crippen molar-refractivity contribution in [1.29, 1.82) is 5.26 Å². The molecule has 0 spiro atoms. The van der Waals surface area contributed by atoms with E-state index in [4.69, 9.17) is 5.26 Å². The van der Waals surface area contributed by atoms with Crippen LogP contribution in [0.4, 0.5) is 13.2 Å². The number of halogens is 3. The number of alkyl halides is 3. The van der Waals surface area contributed by atoms with E-state index in [1.807, 2.05) is 18.2 Å². The second-order valence-corrected chi connectivity index (χ2v) is 3.74. The normalized spacial score (nSPS) is 10.8. The van der Waals surface area contributed by atoms with E-state index in [0.717, 1.165) is 11.6 Å². The van der Waals surface area contributed by atoms with Gasteiger partial charge in [-0.1, -0.05) is 36.4 Å². The minimum atomic E-state index is -4.81. The molecule has 0 heterocycles. The molecule has 0 aromatic heterocycles. The number of benzene rings is 2. The number of hydrogen-bond donors (Lipinski definition) is 0. The molecule has 0 saturated heterocycles. The van der Waals surface area contributed by atoms with Crippen LogP contribution in [0.1, 0.15) is 5.56 Å². The fourth-order valence-corrected chi connectivity index (χ4v) is 1.64. The first kappa shape index (κ1) is 13.0. The summed E-state index contributed by atoms with van der Waals surface area (Å²) >= 11 is 0. The molecule has 0 unspecified atom stereocenters. The van der Waals surface area contributed by atoms with Crippen LogP contribution < -0.4 is 4.74 Å². The van der Waals surface area contributed by atoms with Crippen LogP contribution in [-0.4, -0.2) is 6.36 Å². The lowest BCUT2D eigenvalue weighted by Gasteiger charge is -2.11. The van der Waals surface area contributed by atoms with E-state index >= 15 is 0 Å². The van der Waals surface area contributed by atoms with E-state index in [0.29, 0.717) is 5.56 Å². The highest BCUT2D eigenvalue weighted by molar-refractivity contribution is 5.67. The van der Waals surface area contributed by atoms with Gasteiger partial charge >= 0.3 is 6.36 Å². The van der Waals surface area contributed by atoms with E-state index in [2.05, 4.69) is 4.74 Å². The second kappa shape index (κ2) is 5.02. The molecule has 19 heavy (non-hydrogen) atoms. The maximum atomic E-state index is 12.1. The molecular weight excluding hydrogens is 255 g/mol. The summed E-state index contributed by atoms with van der Waals surface area (Å²) < 4.78 is 40.2. The predicted octanol–water partition coefficient (Wildman–Crippen LogP) is 4.12. The van der Waals surface area contributed by atoms with Crippen LogP contribution in [0.3, 0.4) is 0 Å². The van der Waals surface area contributed by atoms with Gasteiger partial charge in [0.05, 0.1) is 5.56 Å². The number of ether oxygens (including phenoxy) is 1. The summed E-state index contributed by atoms with van der Waals surface area (Å²) in [5.74, 6) is -0.491. The van der Waals surface area contributed by atoms with E-state index in [9.17, 15) is 13.2 Å². The molecular formula is C14H8F3NO. The highest BCUT2D eigenvalue weighted by atomic mass is 19.4. The van der Waals surface area contributed by atoms with Gasteiger partial charge in [-0.15, -0.1) is 13.2 Å². The lowest BCUT2D eigenvalue weighted by Crippen LogP contribution is -2.17. The van der Waals surface area contributed by atoms with Gasteiger partial charge in [0.25, 0.3) is 0 Å². The highest BCUT2D eigenvalue weighted by Gasteiger charge is 2.32. The maximum absolute atomic E-state index is 12.1. The fraction of sp³-hybridized carbons (Fsp3) is 0.0714. The molecule has 96 valence electrons. The molecule has 0 amide bonds. The molecule has 2 rings (SSSR count). The van der Waals surface area contributed by atoms with Gasteiger partial charge in [-0.2, -0.15) is 5.26 Å². The van der Waals surface area contributed by atoms with E-state index in [1.165, 1.54) is 12.1 Å². The van der Waals surface area contributed by atoms with Crippen molar-refractivity contribution in [2.75, 3.05) is 0 Å². The quantitative estimate of drug-likeness (QED) is 0.816. The van der Waals surface area contributed by atoms with Gasteiger partial charge in [-0.05, 0) is 23.3 Å². The molecule has 5 heteroatoms. The van der Waals surface area contributed by atoms with Crippen molar-refractivity contribution < 1.29 is 17.9 Å². The van der Waals surface area contributed by atoms with Crippen LogP contribution in [-0.2, 0) is 0 Å². The molecule has 0 bridgehead atoms. The zero-order chi connectivity index (χ0) is 13.9. The zero-order valence-corrected chi connectivity index (χ0v) is 9.61. The molecule has 2 nitrogen and oxygen atoms in total. The van der Waals surface area contributed by atoms with E-state index < -0.39 is 12.1 Å². The van der Waals surface area contributed by atoms with Crippen molar-refractivity contribution in [1.82, 2.24) is 0 Å². The van der Waals surface area contributed by atoms with Crippen molar-refractivity contribution >= 4 is 0 Å². The van der Waals surface area contributed by atoms with Crippen LogP contribution in [0, 0.1) is 11.3 Å². The first-order valence-corrected chi connectivity index (χ1v) is 5.35. The molecule has 0 aliphatic rings. The van der Waals surface area contributed by atoms with Crippen LogP contribution in [0.25, 0.3) is 11.1 Å². The van der Waals surface area contributed by atoms with Crippen molar-refractivity contribution in [2.24, 2.45) is 0 Å². The summed E-state index contributed by atoms with van der Waals surface area (Å²) in [6, 6.07) is 14.8. The Kier molecular flexibility index (Phi) is 3.43. The van der Waals surface area contributed by atoms with E-state index in [-0.39, 0.29) is 5.56 Å². The molecule has 0 atom stereocenters. The topological polar surface area (TPSA) is 33.0 Å². The summed E-state index contributed by atoms with van der Waals surface area (Å²) in [7, 11) is 0. The van der Waals surface area contributed by atoms with Crippen molar-refractivity contribution in [3.05, 3.63) is 54.1 Å². The SMILES string of the molecule is N#Cc1cc(-c2ccccc2)ccc1OC(F)(F)F. The van der Waals surface area contributed by atoms with Gasteiger partial charge < -0.3 is 4.74 Å². The summed E-state index contributed by atoms with van der Waals surface area (Å²) in [5, 5.41) is 8.89. The van der Waals surface area contributed by atoms with Gasteiger partial charge in [0.2, 0.25) is 0 Å². The van der Waals surface area contributed by atoms with Crippen LogP contribution in [0.2, 0.25) is 0 Å². The molecule has 0 fully saturated rings. The second-order valence-electron chi connectivity index (χ2n) is 3.74. The van der Waals surface area contributed by atoms with E-state index in [1.54, 1.807) is 18.2 Å². The van der Waals surface area contributed by atoms with Crippen LogP contribution in [0.15, 0.2) is 48.5 Å². The standard InChI is InChI=1S/C14H8F3NO/c15-14(16,17)19-13-7-6-11(8-12(13)9-18)10-4-2-1-3-5-10/h1-8H. The van der Waals surface area contributed by atoms with Crippen LogP contribution in [0.5, 0.6) is 5.75 Å². The first-order chi connectivity index (χ1) is 8.99. The maximum Gasteiger partial charge on any atom is 0.573 e. The Morgan fingerprint density at radius 1 is 0.947 bits per heavy atom. The third-order valence-electron chi connectivity index (χ3n) is 2.43. The number of nitriles is 1. The molecule has 2 aromatic carbocycles.